The summed E-state index contributed by atoms with van der Waals surface area (Å²) in [5, 5.41) is 0. The van der Waals surface area contributed by atoms with Gasteiger partial charge in [-0.1, -0.05) is 31.9 Å². The monoisotopic (exact) mass is 212 g/mol. The molecule has 0 nitrogen and oxygen atoms in total. The first-order valence-corrected chi connectivity index (χ1v) is 3.21. The molecule has 36 valence electrons. The average molecular weight is 214 g/mol. The van der Waals surface area contributed by atoms with Crippen LogP contribution in [0.15, 0.2) is 8.96 Å². The van der Waals surface area contributed by atoms with Crippen LogP contribution in [0, 0.1) is 0 Å². The van der Waals surface area contributed by atoms with E-state index in [1.807, 2.05) is 13.8 Å². The minimum atomic E-state index is 1.16. The van der Waals surface area contributed by atoms with E-state index in [0.717, 1.165) is 8.96 Å². The topological polar surface area (TPSA) is 0 Å². The maximum absolute atomic E-state index is 3.27. The van der Waals surface area contributed by atoms with Crippen molar-refractivity contribution in [2.45, 2.75) is 13.8 Å². The normalized spacial score (nSPS) is 14.0. The zero-order valence-electron chi connectivity index (χ0n) is 3.76. The second-order valence-electron chi connectivity index (χ2n) is 1.07. The molecule has 6 heavy (non-hydrogen) atoms. The Bertz CT molecular complexity index is 55.6. The molecule has 0 bridgehead atoms. The summed E-state index contributed by atoms with van der Waals surface area (Å²) in [7, 11) is 0. The lowest BCUT2D eigenvalue weighted by Crippen LogP contribution is -1.56. The highest BCUT2D eigenvalue weighted by Crippen LogP contribution is 2.14. The molecule has 0 atom stereocenters. The van der Waals surface area contributed by atoms with Gasteiger partial charge >= 0.3 is 0 Å². The molecule has 0 spiro atoms. The fraction of sp³-hybridized carbons (Fsp3) is 0.500. The third-order valence-electron chi connectivity index (χ3n) is 0.475. The zero-order valence-corrected chi connectivity index (χ0v) is 6.93. The van der Waals surface area contributed by atoms with Gasteiger partial charge in [0.25, 0.3) is 0 Å². The van der Waals surface area contributed by atoms with Gasteiger partial charge in [-0.15, -0.1) is 0 Å². The van der Waals surface area contributed by atoms with Gasteiger partial charge in [-0.3, -0.25) is 0 Å². The highest BCUT2D eigenvalue weighted by atomic mass is 79.9. The first-order valence-electron chi connectivity index (χ1n) is 1.63. The third-order valence-corrected chi connectivity index (χ3v) is 2.20. The molecule has 0 aromatic heterocycles. The molecule has 0 radical (unpaired) electrons. The van der Waals surface area contributed by atoms with E-state index < -0.39 is 0 Å². The predicted octanol–water partition coefficient (Wildman–Crippen LogP) is 3.03. The van der Waals surface area contributed by atoms with Crippen LogP contribution in [-0.4, -0.2) is 0 Å². The van der Waals surface area contributed by atoms with Crippen LogP contribution >= 0.6 is 31.9 Å². The molecule has 0 N–H and O–H groups in total. The molecule has 0 unspecified atom stereocenters. The molecule has 0 aromatic carbocycles. The Labute approximate surface area is 54.9 Å². The highest BCUT2D eigenvalue weighted by molar-refractivity contribution is 9.14. The lowest BCUT2D eigenvalue weighted by molar-refractivity contribution is 1.58. The van der Waals surface area contributed by atoms with Crippen molar-refractivity contribution >= 4 is 31.9 Å². The summed E-state index contributed by atoms with van der Waals surface area (Å²) in [5.74, 6) is 0. The zero-order chi connectivity index (χ0) is 5.15. The van der Waals surface area contributed by atoms with Gasteiger partial charge in [0.05, 0.1) is 0 Å². The maximum Gasteiger partial charge on any atom is 0.00179 e. The standard InChI is InChI=1S/C4H6Br2/c1-3(5)4(2)6/h1-2H3. The highest BCUT2D eigenvalue weighted by Gasteiger charge is 1.80. The van der Waals surface area contributed by atoms with Crippen LogP contribution in [0.5, 0.6) is 0 Å². The van der Waals surface area contributed by atoms with E-state index in [1.54, 1.807) is 0 Å². The summed E-state index contributed by atoms with van der Waals surface area (Å²) in [6.07, 6.45) is 0. The van der Waals surface area contributed by atoms with E-state index in [4.69, 9.17) is 0 Å². The largest absolute Gasteiger partial charge is 0.0551 e. The van der Waals surface area contributed by atoms with Crippen LogP contribution in [0.1, 0.15) is 13.8 Å². The Morgan fingerprint density at radius 3 is 1.17 bits per heavy atom. The van der Waals surface area contributed by atoms with E-state index in [-0.39, 0.29) is 0 Å². The summed E-state index contributed by atoms with van der Waals surface area (Å²) >= 11 is 6.54. The summed E-state index contributed by atoms with van der Waals surface area (Å²) in [5.41, 5.74) is 0. The summed E-state index contributed by atoms with van der Waals surface area (Å²) in [4.78, 5) is 0. The van der Waals surface area contributed by atoms with Crippen LogP contribution in [0.2, 0.25) is 0 Å². The van der Waals surface area contributed by atoms with Crippen LogP contribution < -0.4 is 0 Å². The van der Waals surface area contributed by atoms with Crippen molar-refractivity contribution in [3.63, 3.8) is 0 Å². The molecule has 0 fully saturated rings. The fourth-order valence-corrected chi connectivity index (χ4v) is 0. The lowest BCUT2D eigenvalue weighted by Gasteiger charge is -1.83. The lowest BCUT2D eigenvalue weighted by atomic mass is 10.6. The van der Waals surface area contributed by atoms with Crippen molar-refractivity contribution in [3.8, 4) is 0 Å². The van der Waals surface area contributed by atoms with E-state index >= 15 is 0 Å². The Kier molecular flexibility index (Phi) is 3.13. The van der Waals surface area contributed by atoms with Crippen molar-refractivity contribution in [2.24, 2.45) is 0 Å². The SMILES string of the molecule is CC(Br)=C(C)Br. The molecule has 0 aromatic rings. The summed E-state index contributed by atoms with van der Waals surface area (Å²) < 4.78 is 2.31. The molecule has 0 saturated heterocycles. The van der Waals surface area contributed by atoms with E-state index in [9.17, 15) is 0 Å². The van der Waals surface area contributed by atoms with Gasteiger partial charge in [0.2, 0.25) is 0 Å². The van der Waals surface area contributed by atoms with E-state index in [1.165, 1.54) is 0 Å². The third kappa shape index (κ3) is 2.91. The molecule has 0 rings (SSSR count). The van der Waals surface area contributed by atoms with Crippen LogP contribution in [0.3, 0.4) is 0 Å². The van der Waals surface area contributed by atoms with Crippen molar-refractivity contribution in [1.82, 2.24) is 0 Å². The molecule has 0 aliphatic rings. The number of rotatable bonds is 0. The van der Waals surface area contributed by atoms with Crippen LogP contribution in [-0.2, 0) is 0 Å². The van der Waals surface area contributed by atoms with Gasteiger partial charge in [-0.2, -0.15) is 0 Å². The number of hydrogen-bond donors (Lipinski definition) is 0. The van der Waals surface area contributed by atoms with Gasteiger partial charge in [-0.05, 0) is 13.8 Å². The molecule has 0 aliphatic heterocycles. The Morgan fingerprint density at radius 2 is 1.17 bits per heavy atom. The van der Waals surface area contributed by atoms with E-state index in [0.29, 0.717) is 0 Å². The Hall–Kier alpha value is 0.700. The van der Waals surface area contributed by atoms with E-state index in [2.05, 4.69) is 31.9 Å². The summed E-state index contributed by atoms with van der Waals surface area (Å²) in [6, 6.07) is 0. The van der Waals surface area contributed by atoms with Crippen molar-refractivity contribution in [1.29, 1.82) is 0 Å². The minimum Gasteiger partial charge on any atom is -0.0551 e. The van der Waals surface area contributed by atoms with Gasteiger partial charge in [0, 0.05) is 8.96 Å². The number of allylic oxidation sites excluding steroid dienone is 2. The number of halogens is 2. The predicted molar refractivity (Wildman–Crippen MR) is 36.2 cm³/mol. The minimum absolute atomic E-state index is 1.16. The molecular weight excluding hydrogens is 208 g/mol. The molecule has 0 saturated carbocycles. The molecule has 2 heteroatoms. The van der Waals surface area contributed by atoms with Crippen molar-refractivity contribution in [3.05, 3.63) is 8.96 Å². The first kappa shape index (κ1) is 6.70. The van der Waals surface area contributed by atoms with Crippen LogP contribution in [0.4, 0.5) is 0 Å². The fourth-order valence-electron chi connectivity index (χ4n) is 0. The second kappa shape index (κ2) is 2.80. The van der Waals surface area contributed by atoms with Gasteiger partial charge < -0.3 is 0 Å². The molecule has 0 heterocycles. The Morgan fingerprint density at radius 1 is 1.00 bits per heavy atom. The quantitative estimate of drug-likeness (QED) is 0.581. The van der Waals surface area contributed by atoms with Crippen LogP contribution in [0.25, 0.3) is 0 Å². The number of hydrogen-bond acceptors (Lipinski definition) is 0. The smallest absolute Gasteiger partial charge is 0.00179 e. The van der Waals surface area contributed by atoms with Gasteiger partial charge in [0.15, 0.2) is 0 Å². The molecular formula is C4H6Br2. The maximum atomic E-state index is 3.27. The average Bonchev–Trinajstić information content (AvgIpc) is 1.36. The van der Waals surface area contributed by atoms with Gasteiger partial charge in [0.1, 0.15) is 0 Å². The molecule has 0 aliphatic carbocycles. The second-order valence-corrected chi connectivity index (χ2v) is 3.45. The Balaban J connectivity index is 3.68. The van der Waals surface area contributed by atoms with Crippen molar-refractivity contribution < 1.29 is 0 Å². The summed E-state index contributed by atoms with van der Waals surface area (Å²) in [6.45, 7) is 3.98. The molecule has 0 amide bonds. The van der Waals surface area contributed by atoms with Gasteiger partial charge in [-0.25, -0.2) is 0 Å². The van der Waals surface area contributed by atoms with Crippen molar-refractivity contribution in [2.75, 3.05) is 0 Å². The first-order chi connectivity index (χ1) is 2.64.